The summed E-state index contributed by atoms with van der Waals surface area (Å²) in [6, 6.07) is 0. The lowest BCUT2D eigenvalue weighted by Gasteiger charge is -2.19. The highest BCUT2D eigenvalue weighted by molar-refractivity contribution is 5.61. The monoisotopic (exact) mass is 326 g/mol. The minimum atomic E-state index is -6.23. The van der Waals surface area contributed by atoms with E-state index < -0.39 is 41.7 Å². The van der Waals surface area contributed by atoms with Crippen LogP contribution >= 0.6 is 0 Å². The molecule has 0 spiro atoms. The Hall–Kier alpha value is -2.21. The Morgan fingerprint density at radius 1 is 1.10 bits per heavy atom. The summed E-state index contributed by atoms with van der Waals surface area (Å²) in [5.41, 5.74) is -2.38. The first-order valence-corrected chi connectivity index (χ1v) is 4.57. The van der Waals surface area contributed by atoms with Gasteiger partial charge in [0.2, 0.25) is 5.82 Å². The van der Waals surface area contributed by atoms with E-state index in [9.17, 15) is 39.9 Å². The SMILES string of the molecule is O=C(O)Oc1cnc(C(F)(F)C(F)(F)F)nc1C(F)(F)F. The van der Waals surface area contributed by atoms with Gasteiger partial charge in [-0.1, -0.05) is 0 Å². The van der Waals surface area contributed by atoms with Gasteiger partial charge in [-0.25, -0.2) is 14.8 Å². The summed E-state index contributed by atoms with van der Waals surface area (Å²) in [7, 11) is 0. The lowest BCUT2D eigenvalue weighted by Crippen LogP contribution is -2.36. The normalized spacial score (nSPS) is 13.1. The summed E-state index contributed by atoms with van der Waals surface area (Å²) in [5, 5.41) is 8.14. The number of ether oxygens (including phenoxy) is 1. The fourth-order valence-corrected chi connectivity index (χ4v) is 1.02. The first kappa shape index (κ1) is 16.8. The predicted octanol–water partition coefficient (Wildman–Crippen LogP) is 3.21. The van der Waals surface area contributed by atoms with Crippen molar-refractivity contribution in [2.24, 2.45) is 0 Å². The maximum Gasteiger partial charge on any atom is 0.511 e. The minimum Gasteiger partial charge on any atom is -0.449 e. The van der Waals surface area contributed by atoms with Gasteiger partial charge < -0.3 is 9.84 Å². The number of halogens is 8. The van der Waals surface area contributed by atoms with E-state index in [1.807, 2.05) is 4.98 Å². The quantitative estimate of drug-likeness (QED) is 0.667. The second kappa shape index (κ2) is 4.96. The van der Waals surface area contributed by atoms with Gasteiger partial charge in [-0.3, -0.25) is 0 Å². The molecular formula is C8H2F8N2O3. The van der Waals surface area contributed by atoms with Gasteiger partial charge in [0.15, 0.2) is 11.4 Å². The van der Waals surface area contributed by atoms with Crippen LogP contribution in [0.3, 0.4) is 0 Å². The molecule has 0 atom stereocenters. The molecule has 0 unspecified atom stereocenters. The zero-order valence-corrected chi connectivity index (χ0v) is 9.26. The third-order valence-electron chi connectivity index (χ3n) is 1.86. The van der Waals surface area contributed by atoms with Crippen LogP contribution in [0.5, 0.6) is 5.75 Å². The molecule has 0 aliphatic rings. The van der Waals surface area contributed by atoms with Crippen molar-refractivity contribution in [2.45, 2.75) is 18.3 Å². The second-order valence-electron chi connectivity index (χ2n) is 3.34. The Morgan fingerprint density at radius 2 is 1.62 bits per heavy atom. The van der Waals surface area contributed by atoms with Crippen LogP contribution in [0.2, 0.25) is 0 Å². The molecule has 0 saturated carbocycles. The van der Waals surface area contributed by atoms with Gasteiger partial charge in [-0.15, -0.1) is 0 Å². The van der Waals surface area contributed by atoms with Crippen molar-refractivity contribution >= 4 is 6.16 Å². The molecule has 0 aliphatic carbocycles. The standard InChI is InChI=1S/C8H2F8N2O3/c9-6(10,8(14,15)16)4-17-1-2(21-5(19)20)3(18-4)7(11,12)13/h1H,(H,19,20). The molecule has 0 radical (unpaired) electrons. The first-order valence-electron chi connectivity index (χ1n) is 4.57. The summed E-state index contributed by atoms with van der Waals surface area (Å²) in [5.74, 6) is -9.87. The molecule has 0 saturated heterocycles. The van der Waals surface area contributed by atoms with Crippen molar-refractivity contribution in [3.63, 3.8) is 0 Å². The number of hydrogen-bond donors (Lipinski definition) is 1. The molecule has 0 bridgehead atoms. The van der Waals surface area contributed by atoms with E-state index >= 15 is 0 Å². The fourth-order valence-electron chi connectivity index (χ4n) is 1.02. The van der Waals surface area contributed by atoms with Gasteiger partial charge >= 0.3 is 24.4 Å². The first-order chi connectivity index (χ1) is 9.26. The molecule has 0 amide bonds. The summed E-state index contributed by atoms with van der Waals surface area (Å²) in [6.45, 7) is 0. The molecule has 1 rings (SSSR count). The minimum absolute atomic E-state index is 0.237. The molecule has 0 aromatic carbocycles. The number of aromatic nitrogens is 2. The smallest absolute Gasteiger partial charge is 0.449 e. The van der Waals surface area contributed by atoms with E-state index in [0.29, 0.717) is 0 Å². The third kappa shape index (κ3) is 3.46. The lowest BCUT2D eigenvalue weighted by molar-refractivity contribution is -0.292. The molecule has 1 aromatic rings. The van der Waals surface area contributed by atoms with E-state index in [1.54, 1.807) is 0 Å². The van der Waals surface area contributed by atoms with Crippen molar-refractivity contribution in [1.82, 2.24) is 9.97 Å². The summed E-state index contributed by atoms with van der Waals surface area (Å²) in [6.07, 6.45) is -14.3. The molecule has 1 heterocycles. The van der Waals surface area contributed by atoms with Crippen molar-refractivity contribution in [3.05, 3.63) is 17.7 Å². The van der Waals surface area contributed by atoms with Crippen LogP contribution in [0.25, 0.3) is 0 Å². The van der Waals surface area contributed by atoms with E-state index in [1.165, 1.54) is 0 Å². The van der Waals surface area contributed by atoms with Gasteiger partial charge in [0.05, 0.1) is 6.20 Å². The van der Waals surface area contributed by atoms with E-state index in [-0.39, 0.29) is 6.20 Å². The predicted molar refractivity (Wildman–Crippen MR) is 45.6 cm³/mol. The van der Waals surface area contributed by atoms with Crippen LogP contribution < -0.4 is 4.74 Å². The largest absolute Gasteiger partial charge is 0.511 e. The number of carboxylic acid groups (broad SMARTS) is 1. The van der Waals surface area contributed by atoms with E-state index in [2.05, 4.69) is 9.72 Å². The van der Waals surface area contributed by atoms with Crippen molar-refractivity contribution in [1.29, 1.82) is 0 Å². The fraction of sp³-hybridized carbons (Fsp3) is 0.375. The number of rotatable bonds is 2. The highest BCUT2D eigenvalue weighted by atomic mass is 19.4. The zero-order chi connectivity index (χ0) is 16.6. The Bertz CT molecular complexity index is 553. The van der Waals surface area contributed by atoms with Crippen LogP contribution in [0.15, 0.2) is 6.20 Å². The molecular weight excluding hydrogens is 324 g/mol. The molecule has 0 aliphatic heterocycles. The summed E-state index contributed by atoms with van der Waals surface area (Å²) >= 11 is 0. The highest BCUT2D eigenvalue weighted by Gasteiger charge is 2.61. The van der Waals surface area contributed by atoms with Gasteiger partial charge in [0, 0.05) is 0 Å². The van der Waals surface area contributed by atoms with Crippen molar-refractivity contribution < 1.29 is 49.8 Å². The van der Waals surface area contributed by atoms with E-state index in [4.69, 9.17) is 5.11 Å². The number of nitrogens with zero attached hydrogens (tertiary/aromatic N) is 2. The number of hydrogen-bond acceptors (Lipinski definition) is 4. The molecule has 1 N–H and O–H groups in total. The topological polar surface area (TPSA) is 72.3 Å². The van der Waals surface area contributed by atoms with Crippen LogP contribution in [0.4, 0.5) is 39.9 Å². The summed E-state index contributed by atoms with van der Waals surface area (Å²) in [4.78, 5) is 14.5. The average molecular weight is 326 g/mol. The average Bonchev–Trinajstić information content (AvgIpc) is 2.25. The van der Waals surface area contributed by atoms with Gasteiger partial charge in [0.1, 0.15) is 0 Å². The van der Waals surface area contributed by atoms with Crippen LogP contribution in [0.1, 0.15) is 11.5 Å². The molecule has 13 heteroatoms. The third-order valence-corrected chi connectivity index (χ3v) is 1.86. The Morgan fingerprint density at radius 3 is 2.00 bits per heavy atom. The Labute approximate surface area is 109 Å². The van der Waals surface area contributed by atoms with Crippen molar-refractivity contribution in [3.8, 4) is 5.75 Å². The van der Waals surface area contributed by atoms with Gasteiger partial charge in [0.25, 0.3) is 0 Å². The molecule has 0 fully saturated rings. The Balaban J connectivity index is 3.45. The highest BCUT2D eigenvalue weighted by Crippen LogP contribution is 2.44. The molecule has 21 heavy (non-hydrogen) atoms. The summed E-state index contributed by atoms with van der Waals surface area (Å²) < 4.78 is 103. The number of carbonyl (C=O) groups is 1. The maximum absolute atomic E-state index is 12.9. The van der Waals surface area contributed by atoms with E-state index in [0.717, 1.165) is 0 Å². The maximum atomic E-state index is 12.9. The Kier molecular flexibility index (Phi) is 3.98. The van der Waals surface area contributed by atoms with Crippen molar-refractivity contribution in [2.75, 3.05) is 0 Å². The van der Waals surface area contributed by atoms with Crippen LogP contribution in [-0.2, 0) is 12.1 Å². The number of alkyl halides is 8. The molecule has 118 valence electrons. The second-order valence-corrected chi connectivity index (χ2v) is 3.34. The van der Waals surface area contributed by atoms with Gasteiger partial charge in [-0.2, -0.15) is 35.1 Å². The van der Waals surface area contributed by atoms with Crippen LogP contribution in [0, 0.1) is 0 Å². The van der Waals surface area contributed by atoms with Gasteiger partial charge in [-0.05, 0) is 0 Å². The molecule has 5 nitrogen and oxygen atoms in total. The lowest BCUT2D eigenvalue weighted by atomic mass is 10.2. The van der Waals surface area contributed by atoms with Crippen LogP contribution in [-0.4, -0.2) is 27.4 Å². The zero-order valence-electron chi connectivity index (χ0n) is 9.26. The molecule has 1 aromatic heterocycles.